The lowest BCUT2D eigenvalue weighted by Crippen LogP contribution is -2.03. The molecule has 3 nitrogen and oxygen atoms in total. The van der Waals surface area contributed by atoms with E-state index in [0.717, 1.165) is 11.3 Å². The summed E-state index contributed by atoms with van der Waals surface area (Å²) in [5, 5.41) is 3.07. The maximum absolute atomic E-state index is 11.3. The molecular weight excluding hydrogens is 190 g/mol. The van der Waals surface area contributed by atoms with Crippen LogP contribution in [0.4, 0.5) is 5.69 Å². The van der Waals surface area contributed by atoms with Crippen LogP contribution in [0, 0.1) is 0 Å². The molecule has 0 aliphatic carbocycles. The summed E-state index contributed by atoms with van der Waals surface area (Å²) in [4.78, 5) is 11.3. The number of fused-ring (bicyclic) bond motifs is 1. The molecule has 3 heteroatoms. The van der Waals surface area contributed by atoms with E-state index in [-0.39, 0.29) is 5.97 Å². The zero-order chi connectivity index (χ0) is 10.7. The van der Waals surface area contributed by atoms with Crippen molar-refractivity contribution in [2.45, 2.75) is 0 Å². The molecule has 1 aliphatic heterocycles. The first-order valence-corrected chi connectivity index (χ1v) is 4.63. The third kappa shape index (κ3) is 1.91. The minimum atomic E-state index is -0.341. The second kappa shape index (κ2) is 4.00. The van der Waals surface area contributed by atoms with E-state index in [0.29, 0.717) is 5.57 Å². The van der Waals surface area contributed by atoms with Gasteiger partial charge in [-0.15, -0.1) is 0 Å². The molecule has 0 bridgehead atoms. The Labute approximate surface area is 88.1 Å². The number of carbonyl (C=O) groups excluding carboxylic acids is 1. The summed E-state index contributed by atoms with van der Waals surface area (Å²) in [6.07, 6.45) is 5.27. The fourth-order valence-corrected chi connectivity index (χ4v) is 1.40. The molecule has 2 rings (SSSR count). The molecule has 0 radical (unpaired) electrons. The third-order valence-corrected chi connectivity index (χ3v) is 2.21. The highest BCUT2D eigenvalue weighted by atomic mass is 16.5. The van der Waals surface area contributed by atoms with Crippen LogP contribution in [0.3, 0.4) is 0 Å². The molecular formula is C12H11NO2. The highest BCUT2D eigenvalue weighted by Crippen LogP contribution is 2.20. The summed E-state index contributed by atoms with van der Waals surface area (Å²) in [5.41, 5.74) is 2.54. The first kappa shape index (κ1) is 9.52. The van der Waals surface area contributed by atoms with E-state index in [4.69, 9.17) is 0 Å². The molecule has 0 fully saturated rings. The predicted octanol–water partition coefficient (Wildman–Crippen LogP) is 2.18. The standard InChI is InChI=1S/C12H11NO2/c1-15-12(14)10-7-6-9-4-2-3-5-11(9)13-8-10/h2-8,13H,1H3. The van der Waals surface area contributed by atoms with Gasteiger partial charge in [0.05, 0.1) is 12.7 Å². The highest BCUT2D eigenvalue weighted by Gasteiger charge is 2.09. The molecule has 0 spiro atoms. The number of esters is 1. The second-order valence-electron chi connectivity index (χ2n) is 3.16. The number of hydrogen-bond acceptors (Lipinski definition) is 3. The van der Waals surface area contributed by atoms with Gasteiger partial charge in [-0.05, 0) is 17.7 Å². The molecule has 1 heterocycles. The number of nitrogens with one attached hydrogen (secondary N) is 1. The van der Waals surface area contributed by atoms with Crippen LogP contribution < -0.4 is 5.32 Å². The summed E-state index contributed by atoms with van der Waals surface area (Å²) < 4.78 is 4.65. The van der Waals surface area contributed by atoms with Gasteiger partial charge in [0.25, 0.3) is 0 Å². The summed E-state index contributed by atoms with van der Waals surface area (Å²) >= 11 is 0. The first-order chi connectivity index (χ1) is 7.31. The van der Waals surface area contributed by atoms with Crippen molar-refractivity contribution in [3.05, 3.63) is 47.7 Å². The molecule has 1 aromatic rings. The number of anilines is 1. The Hall–Kier alpha value is -2.03. The molecule has 0 saturated heterocycles. The van der Waals surface area contributed by atoms with E-state index in [2.05, 4.69) is 10.1 Å². The van der Waals surface area contributed by atoms with Gasteiger partial charge in [-0.2, -0.15) is 0 Å². The van der Waals surface area contributed by atoms with Crippen LogP contribution in [0.2, 0.25) is 0 Å². The third-order valence-electron chi connectivity index (χ3n) is 2.21. The normalized spacial score (nSPS) is 13.3. The van der Waals surface area contributed by atoms with Crippen molar-refractivity contribution in [1.29, 1.82) is 0 Å². The fourth-order valence-electron chi connectivity index (χ4n) is 1.40. The van der Waals surface area contributed by atoms with E-state index in [1.807, 2.05) is 30.3 Å². The Morgan fingerprint density at radius 3 is 2.87 bits per heavy atom. The fraction of sp³-hybridized carbons (Fsp3) is 0.0833. The Morgan fingerprint density at radius 1 is 1.27 bits per heavy atom. The van der Waals surface area contributed by atoms with Crippen molar-refractivity contribution in [3.63, 3.8) is 0 Å². The molecule has 76 valence electrons. The summed E-state index contributed by atoms with van der Waals surface area (Å²) in [6.45, 7) is 0. The molecule has 0 amide bonds. The Kier molecular flexibility index (Phi) is 2.54. The Bertz CT molecular complexity index is 447. The van der Waals surface area contributed by atoms with Crippen molar-refractivity contribution in [3.8, 4) is 0 Å². The van der Waals surface area contributed by atoms with Crippen LogP contribution in [0.1, 0.15) is 5.56 Å². The quantitative estimate of drug-likeness (QED) is 0.708. The number of hydrogen-bond donors (Lipinski definition) is 1. The average molecular weight is 201 g/mol. The lowest BCUT2D eigenvalue weighted by molar-refractivity contribution is -0.135. The Balaban J connectivity index is 2.33. The molecule has 0 saturated carbocycles. The van der Waals surface area contributed by atoms with E-state index >= 15 is 0 Å². The molecule has 0 aromatic heterocycles. The van der Waals surface area contributed by atoms with Gasteiger partial charge >= 0.3 is 5.97 Å². The summed E-state index contributed by atoms with van der Waals surface area (Å²) in [5.74, 6) is -0.341. The van der Waals surface area contributed by atoms with Crippen LogP contribution in [-0.4, -0.2) is 13.1 Å². The molecule has 0 unspecified atom stereocenters. The SMILES string of the molecule is COC(=O)C1=CNc2ccccc2C=C1. The molecule has 1 aromatic carbocycles. The van der Waals surface area contributed by atoms with Gasteiger partial charge in [0.15, 0.2) is 0 Å². The van der Waals surface area contributed by atoms with Crippen molar-refractivity contribution in [1.82, 2.24) is 0 Å². The Morgan fingerprint density at radius 2 is 2.07 bits per heavy atom. The largest absolute Gasteiger partial charge is 0.465 e. The van der Waals surface area contributed by atoms with Gasteiger partial charge in [-0.3, -0.25) is 0 Å². The lowest BCUT2D eigenvalue weighted by atomic mass is 10.1. The van der Waals surface area contributed by atoms with Crippen molar-refractivity contribution in [2.75, 3.05) is 12.4 Å². The monoisotopic (exact) mass is 201 g/mol. The summed E-state index contributed by atoms with van der Waals surface area (Å²) in [7, 11) is 1.37. The van der Waals surface area contributed by atoms with Gasteiger partial charge in [0, 0.05) is 11.9 Å². The first-order valence-electron chi connectivity index (χ1n) is 4.63. The number of ether oxygens (including phenoxy) is 1. The van der Waals surface area contributed by atoms with Crippen LogP contribution in [-0.2, 0) is 9.53 Å². The van der Waals surface area contributed by atoms with Crippen LogP contribution in [0.5, 0.6) is 0 Å². The molecule has 1 aliphatic rings. The number of para-hydroxylation sites is 1. The number of rotatable bonds is 1. The second-order valence-corrected chi connectivity index (χ2v) is 3.16. The van der Waals surface area contributed by atoms with Crippen LogP contribution >= 0.6 is 0 Å². The smallest absolute Gasteiger partial charge is 0.339 e. The minimum Gasteiger partial charge on any atom is -0.465 e. The summed E-state index contributed by atoms with van der Waals surface area (Å²) in [6, 6.07) is 7.83. The zero-order valence-corrected chi connectivity index (χ0v) is 8.36. The van der Waals surface area contributed by atoms with Crippen molar-refractivity contribution >= 4 is 17.7 Å². The minimum absolute atomic E-state index is 0.341. The number of carbonyl (C=O) groups is 1. The maximum atomic E-state index is 11.3. The molecule has 1 N–H and O–H groups in total. The van der Waals surface area contributed by atoms with E-state index in [1.54, 1.807) is 12.3 Å². The van der Waals surface area contributed by atoms with E-state index in [1.165, 1.54) is 7.11 Å². The van der Waals surface area contributed by atoms with Crippen LogP contribution in [0.15, 0.2) is 42.1 Å². The lowest BCUT2D eigenvalue weighted by Gasteiger charge is -2.02. The van der Waals surface area contributed by atoms with Gasteiger partial charge in [0.1, 0.15) is 0 Å². The average Bonchev–Trinajstić information content (AvgIpc) is 2.50. The number of methoxy groups -OCH3 is 1. The molecule has 15 heavy (non-hydrogen) atoms. The number of benzene rings is 1. The molecule has 0 atom stereocenters. The van der Waals surface area contributed by atoms with Gasteiger partial charge in [-0.1, -0.05) is 24.3 Å². The van der Waals surface area contributed by atoms with Crippen molar-refractivity contribution < 1.29 is 9.53 Å². The van der Waals surface area contributed by atoms with Crippen molar-refractivity contribution in [2.24, 2.45) is 0 Å². The van der Waals surface area contributed by atoms with Gasteiger partial charge in [0.2, 0.25) is 0 Å². The van der Waals surface area contributed by atoms with Crippen LogP contribution in [0.25, 0.3) is 6.08 Å². The van der Waals surface area contributed by atoms with E-state index < -0.39 is 0 Å². The predicted molar refractivity (Wildman–Crippen MR) is 59.2 cm³/mol. The van der Waals surface area contributed by atoms with Gasteiger partial charge in [-0.25, -0.2) is 4.79 Å². The zero-order valence-electron chi connectivity index (χ0n) is 8.36. The maximum Gasteiger partial charge on any atom is 0.339 e. The van der Waals surface area contributed by atoms with E-state index in [9.17, 15) is 4.79 Å². The topological polar surface area (TPSA) is 38.3 Å². The highest BCUT2D eigenvalue weighted by molar-refractivity contribution is 5.94. The van der Waals surface area contributed by atoms with Gasteiger partial charge < -0.3 is 10.1 Å².